The molecule has 22 heavy (non-hydrogen) atoms. The van der Waals surface area contributed by atoms with Crippen LogP contribution in [0.1, 0.15) is 5.69 Å². The topological polar surface area (TPSA) is 69.3 Å². The third kappa shape index (κ3) is 2.03. The second kappa shape index (κ2) is 4.88. The molecule has 1 aromatic carbocycles. The Morgan fingerprint density at radius 1 is 1.18 bits per heavy atom. The Hall–Kier alpha value is -2.80. The van der Waals surface area contributed by atoms with Gasteiger partial charge in [0.05, 0.1) is 29.5 Å². The van der Waals surface area contributed by atoms with Gasteiger partial charge in [-0.15, -0.1) is 11.3 Å². The summed E-state index contributed by atoms with van der Waals surface area (Å²) in [6.07, 6.45) is 3.17. The van der Waals surface area contributed by atoms with E-state index in [0.29, 0.717) is 21.6 Å². The first kappa shape index (κ1) is 12.9. The van der Waals surface area contributed by atoms with E-state index < -0.39 is 0 Å². The zero-order valence-electron chi connectivity index (χ0n) is 11.3. The van der Waals surface area contributed by atoms with Gasteiger partial charge in [-0.05, 0) is 12.1 Å². The van der Waals surface area contributed by atoms with Crippen molar-refractivity contribution >= 4 is 27.2 Å². The Morgan fingerprint density at radius 3 is 2.95 bits per heavy atom. The molecule has 0 fully saturated rings. The molecule has 3 aromatic heterocycles. The van der Waals surface area contributed by atoms with Crippen molar-refractivity contribution in [3.8, 4) is 0 Å². The fraction of sp³-hybridized carbons (Fsp3) is 0.0667. The first-order valence-corrected chi connectivity index (χ1v) is 7.50. The number of benzene rings is 1. The molecule has 0 N–H and O–H groups in total. The van der Waals surface area contributed by atoms with Gasteiger partial charge in [0.15, 0.2) is 4.96 Å². The molecule has 0 amide bonds. The van der Waals surface area contributed by atoms with Crippen molar-refractivity contribution in [1.82, 2.24) is 18.9 Å². The van der Waals surface area contributed by atoms with Crippen molar-refractivity contribution in [3.05, 3.63) is 74.6 Å². The van der Waals surface area contributed by atoms with Gasteiger partial charge in [0.1, 0.15) is 0 Å². The summed E-state index contributed by atoms with van der Waals surface area (Å²) in [4.78, 5) is 33.7. The van der Waals surface area contributed by atoms with Crippen LogP contribution in [0.5, 0.6) is 0 Å². The Balaban J connectivity index is 1.84. The Kier molecular flexibility index (Phi) is 2.87. The van der Waals surface area contributed by atoms with Crippen LogP contribution in [-0.4, -0.2) is 18.9 Å². The highest BCUT2D eigenvalue weighted by Crippen LogP contribution is 2.08. The summed E-state index contributed by atoms with van der Waals surface area (Å²) in [5.74, 6) is 0. The lowest BCUT2D eigenvalue weighted by Crippen LogP contribution is -2.23. The van der Waals surface area contributed by atoms with E-state index in [9.17, 15) is 9.59 Å². The lowest BCUT2D eigenvalue weighted by Gasteiger charge is -2.06. The molecule has 4 aromatic rings. The van der Waals surface area contributed by atoms with Gasteiger partial charge < -0.3 is 0 Å². The fourth-order valence-corrected chi connectivity index (χ4v) is 3.10. The van der Waals surface area contributed by atoms with E-state index in [-0.39, 0.29) is 17.7 Å². The highest BCUT2D eigenvalue weighted by atomic mass is 32.1. The SMILES string of the molecule is O=c1c2ccccc2ncn1Cc1cc(=O)n2ccsc2n1. The molecule has 0 saturated carbocycles. The predicted molar refractivity (Wildman–Crippen MR) is 84.4 cm³/mol. The lowest BCUT2D eigenvalue weighted by atomic mass is 10.2. The van der Waals surface area contributed by atoms with Gasteiger partial charge in [0, 0.05) is 17.6 Å². The van der Waals surface area contributed by atoms with Crippen LogP contribution in [-0.2, 0) is 6.54 Å². The van der Waals surface area contributed by atoms with E-state index in [1.165, 1.54) is 32.7 Å². The van der Waals surface area contributed by atoms with Crippen LogP contribution in [0, 0.1) is 0 Å². The van der Waals surface area contributed by atoms with E-state index in [2.05, 4.69) is 9.97 Å². The van der Waals surface area contributed by atoms with Crippen LogP contribution >= 0.6 is 11.3 Å². The summed E-state index contributed by atoms with van der Waals surface area (Å²) in [5.41, 5.74) is 0.916. The van der Waals surface area contributed by atoms with E-state index in [1.807, 2.05) is 6.07 Å². The second-order valence-corrected chi connectivity index (χ2v) is 5.71. The average molecular weight is 310 g/mol. The molecule has 0 bridgehead atoms. The van der Waals surface area contributed by atoms with E-state index in [1.54, 1.807) is 29.8 Å². The van der Waals surface area contributed by atoms with Crippen molar-refractivity contribution in [2.24, 2.45) is 0 Å². The molecule has 0 radical (unpaired) electrons. The molecule has 6 nitrogen and oxygen atoms in total. The molecule has 0 unspecified atom stereocenters. The Bertz CT molecular complexity index is 1110. The molecule has 0 spiro atoms. The summed E-state index contributed by atoms with van der Waals surface area (Å²) in [6, 6.07) is 8.63. The maximum absolute atomic E-state index is 12.4. The first-order valence-electron chi connectivity index (χ1n) is 6.62. The number of aromatic nitrogens is 4. The molecule has 108 valence electrons. The van der Waals surface area contributed by atoms with Crippen molar-refractivity contribution in [2.45, 2.75) is 6.54 Å². The quantitative estimate of drug-likeness (QED) is 0.563. The summed E-state index contributed by atoms with van der Waals surface area (Å²) in [7, 11) is 0. The molecule has 0 aliphatic rings. The highest BCUT2D eigenvalue weighted by Gasteiger charge is 2.07. The normalized spacial score (nSPS) is 11.3. The summed E-state index contributed by atoms with van der Waals surface area (Å²) in [5, 5.41) is 2.36. The number of rotatable bonds is 2. The zero-order chi connectivity index (χ0) is 15.1. The first-order chi connectivity index (χ1) is 10.7. The number of para-hydroxylation sites is 1. The van der Waals surface area contributed by atoms with Crippen molar-refractivity contribution in [3.63, 3.8) is 0 Å². The van der Waals surface area contributed by atoms with Crippen molar-refractivity contribution < 1.29 is 0 Å². The van der Waals surface area contributed by atoms with E-state index in [0.717, 1.165) is 0 Å². The smallest absolute Gasteiger partial charge is 0.261 e. The van der Waals surface area contributed by atoms with Gasteiger partial charge in [0.25, 0.3) is 11.1 Å². The largest absolute Gasteiger partial charge is 0.293 e. The molecular weight excluding hydrogens is 300 g/mol. The number of fused-ring (bicyclic) bond motifs is 2. The monoisotopic (exact) mass is 310 g/mol. The summed E-state index contributed by atoms with van der Waals surface area (Å²) in [6.45, 7) is 0.223. The van der Waals surface area contributed by atoms with Gasteiger partial charge in [-0.25, -0.2) is 9.97 Å². The molecule has 0 aliphatic heterocycles. The molecule has 0 atom stereocenters. The van der Waals surface area contributed by atoms with Crippen LogP contribution < -0.4 is 11.1 Å². The Labute approximate surface area is 127 Å². The third-order valence-corrected chi connectivity index (χ3v) is 4.18. The van der Waals surface area contributed by atoms with Crippen molar-refractivity contribution in [2.75, 3.05) is 0 Å². The standard InChI is InChI=1S/C15H10N4O2S/c20-13-7-10(17-15-19(13)5-6-22-15)8-18-9-16-12-4-2-1-3-11(12)14(18)21/h1-7,9H,8H2. The Morgan fingerprint density at radius 2 is 2.05 bits per heavy atom. The third-order valence-electron chi connectivity index (χ3n) is 3.42. The number of hydrogen-bond donors (Lipinski definition) is 0. The van der Waals surface area contributed by atoms with Gasteiger partial charge in [-0.2, -0.15) is 0 Å². The lowest BCUT2D eigenvalue weighted by molar-refractivity contribution is 0.728. The van der Waals surface area contributed by atoms with Crippen LogP contribution in [0.15, 0.2) is 57.8 Å². The highest BCUT2D eigenvalue weighted by molar-refractivity contribution is 7.15. The molecular formula is C15H10N4O2S. The maximum Gasteiger partial charge on any atom is 0.261 e. The minimum absolute atomic E-state index is 0.140. The van der Waals surface area contributed by atoms with E-state index >= 15 is 0 Å². The average Bonchev–Trinajstić information content (AvgIpc) is 2.99. The zero-order valence-corrected chi connectivity index (χ0v) is 12.2. The second-order valence-electron chi connectivity index (χ2n) is 4.84. The minimum Gasteiger partial charge on any atom is -0.293 e. The van der Waals surface area contributed by atoms with Gasteiger partial charge in [0.2, 0.25) is 0 Å². The summed E-state index contributed by atoms with van der Waals surface area (Å²) >= 11 is 1.38. The number of hydrogen-bond acceptors (Lipinski definition) is 5. The summed E-state index contributed by atoms with van der Waals surface area (Å²) < 4.78 is 2.95. The van der Waals surface area contributed by atoms with Crippen LogP contribution in [0.2, 0.25) is 0 Å². The number of nitrogens with zero attached hydrogens (tertiary/aromatic N) is 4. The molecule has 7 heteroatoms. The van der Waals surface area contributed by atoms with Crippen LogP contribution in [0.3, 0.4) is 0 Å². The number of thiazole rings is 1. The molecule has 0 aliphatic carbocycles. The molecule has 3 heterocycles. The van der Waals surface area contributed by atoms with Gasteiger partial charge in [-0.1, -0.05) is 12.1 Å². The fourth-order valence-electron chi connectivity index (χ4n) is 2.36. The molecule has 0 saturated heterocycles. The van der Waals surface area contributed by atoms with E-state index in [4.69, 9.17) is 0 Å². The maximum atomic E-state index is 12.4. The van der Waals surface area contributed by atoms with Crippen molar-refractivity contribution in [1.29, 1.82) is 0 Å². The van der Waals surface area contributed by atoms with Gasteiger partial charge in [-0.3, -0.25) is 18.6 Å². The predicted octanol–water partition coefficient (Wildman–Crippen LogP) is 1.51. The van der Waals surface area contributed by atoms with Crippen LogP contribution in [0.4, 0.5) is 0 Å². The minimum atomic E-state index is -0.150. The molecule has 4 rings (SSSR count). The van der Waals surface area contributed by atoms with Crippen LogP contribution in [0.25, 0.3) is 15.9 Å². The van der Waals surface area contributed by atoms with Gasteiger partial charge >= 0.3 is 0 Å².